The first kappa shape index (κ1) is 18.1. The Morgan fingerprint density at radius 3 is 2.42 bits per heavy atom. The van der Waals surface area contributed by atoms with Crippen LogP contribution in [0.1, 0.15) is 27.5 Å². The predicted octanol–water partition coefficient (Wildman–Crippen LogP) is 0.730. The van der Waals surface area contributed by atoms with Gasteiger partial charge >= 0.3 is 0 Å². The highest BCUT2D eigenvalue weighted by Crippen LogP contribution is 2.16. The Morgan fingerprint density at radius 1 is 1.19 bits per heavy atom. The van der Waals surface area contributed by atoms with Crippen LogP contribution < -0.4 is 5.32 Å². The van der Waals surface area contributed by atoms with Crippen molar-refractivity contribution in [3.63, 3.8) is 0 Å². The summed E-state index contributed by atoms with van der Waals surface area (Å²) in [5.41, 5.74) is 2.30. The third-order valence-corrected chi connectivity index (χ3v) is 4.65. The molecule has 26 heavy (non-hydrogen) atoms. The Kier molecular flexibility index (Phi) is 5.08. The van der Waals surface area contributed by atoms with E-state index >= 15 is 0 Å². The molecule has 2 aromatic heterocycles. The number of aromatic nitrogens is 3. The molecule has 0 spiro atoms. The number of nitrogens with one attached hydrogen (secondary N) is 1. The summed E-state index contributed by atoms with van der Waals surface area (Å²) in [4.78, 5) is 28.7. The van der Waals surface area contributed by atoms with Gasteiger partial charge in [0.15, 0.2) is 5.82 Å². The van der Waals surface area contributed by atoms with E-state index in [1.807, 2.05) is 30.7 Å². The maximum absolute atomic E-state index is 12.8. The van der Waals surface area contributed by atoms with Crippen molar-refractivity contribution in [3.8, 4) is 0 Å². The van der Waals surface area contributed by atoms with E-state index in [1.165, 1.54) is 0 Å². The predicted molar refractivity (Wildman–Crippen MR) is 94.9 cm³/mol. The standard InChI is InChI=1S/C17H24N6O3/c1-11-9-14(20-26-11)18-15(24)10-22-5-7-23(8-6-22)17(25)16-12(2)19-21(4)13(16)3/h9H,5-8,10H2,1-4H3,(H,18,20,24). The van der Waals surface area contributed by atoms with Crippen LogP contribution in [0.2, 0.25) is 0 Å². The number of hydrogen-bond donors (Lipinski definition) is 1. The van der Waals surface area contributed by atoms with Gasteiger partial charge < -0.3 is 14.7 Å². The first-order valence-electron chi connectivity index (χ1n) is 8.60. The minimum absolute atomic E-state index is 0.00951. The Hall–Kier alpha value is -2.68. The molecular formula is C17H24N6O3. The molecule has 1 N–H and O–H groups in total. The SMILES string of the molecule is Cc1cc(NC(=O)CN2CCN(C(=O)c3c(C)nn(C)c3C)CC2)no1. The zero-order valence-electron chi connectivity index (χ0n) is 15.6. The highest BCUT2D eigenvalue weighted by molar-refractivity contribution is 5.96. The molecule has 1 fully saturated rings. The van der Waals surface area contributed by atoms with E-state index in [-0.39, 0.29) is 18.4 Å². The van der Waals surface area contributed by atoms with Gasteiger partial charge in [0, 0.05) is 45.0 Å². The maximum atomic E-state index is 12.8. The Labute approximate surface area is 151 Å². The Bertz CT molecular complexity index is 817. The van der Waals surface area contributed by atoms with Gasteiger partial charge in [-0.15, -0.1) is 0 Å². The monoisotopic (exact) mass is 360 g/mol. The third-order valence-electron chi connectivity index (χ3n) is 4.65. The minimum atomic E-state index is -0.142. The van der Waals surface area contributed by atoms with E-state index in [9.17, 15) is 9.59 Å². The van der Waals surface area contributed by atoms with Gasteiger partial charge in [-0.1, -0.05) is 5.16 Å². The summed E-state index contributed by atoms with van der Waals surface area (Å²) in [7, 11) is 1.84. The Morgan fingerprint density at radius 2 is 1.88 bits per heavy atom. The largest absolute Gasteiger partial charge is 0.360 e. The number of carbonyl (C=O) groups is 2. The summed E-state index contributed by atoms with van der Waals surface area (Å²) in [5.74, 6) is 0.935. The van der Waals surface area contributed by atoms with Crippen LogP contribution in [-0.2, 0) is 11.8 Å². The maximum Gasteiger partial charge on any atom is 0.257 e. The van der Waals surface area contributed by atoms with Crippen LogP contribution in [0.5, 0.6) is 0 Å². The molecule has 9 nitrogen and oxygen atoms in total. The lowest BCUT2D eigenvalue weighted by Gasteiger charge is -2.34. The summed E-state index contributed by atoms with van der Waals surface area (Å²) >= 11 is 0. The van der Waals surface area contributed by atoms with Crippen LogP contribution in [-0.4, -0.2) is 69.3 Å². The molecule has 0 radical (unpaired) electrons. The number of amides is 2. The molecule has 0 unspecified atom stereocenters. The summed E-state index contributed by atoms with van der Waals surface area (Å²) < 4.78 is 6.66. The molecule has 3 rings (SSSR count). The second-order valence-electron chi connectivity index (χ2n) is 6.61. The lowest BCUT2D eigenvalue weighted by Crippen LogP contribution is -2.50. The van der Waals surface area contributed by atoms with Gasteiger partial charge in [-0.2, -0.15) is 5.10 Å². The van der Waals surface area contributed by atoms with Crippen LogP contribution in [0.15, 0.2) is 10.6 Å². The van der Waals surface area contributed by atoms with Gasteiger partial charge in [-0.3, -0.25) is 19.2 Å². The molecular weight excluding hydrogens is 336 g/mol. The van der Waals surface area contributed by atoms with Crippen LogP contribution >= 0.6 is 0 Å². The average molecular weight is 360 g/mol. The van der Waals surface area contributed by atoms with Crippen molar-refractivity contribution in [1.82, 2.24) is 24.7 Å². The average Bonchev–Trinajstić information content (AvgIpc) is 3.10. The molecule has 2 aromatic rings. The molecule has 0 aromatic carbocycles. The number of nitrogens with zero attached hydrogens (tertiary/aromatic N) is 5. The normalized spacial score (nSPS) is 15.3. The summed E-state index contributed by atoms with van der Waals surface area (Å²) in [6, 6.07) is 1.67. The number of piperazine rings is 1. The zero-order valence-corrected chi connectivity index (χ0v) is 15.6. The van der Waals surface area contributed by atoms with Gasteiger partial charge in [0.05, 0.1) is 17.8 Å². The van der Waals surface area contributed by atoms with Crippen molar-refractivity contribution in [2.45, 2.75) is 20.8 Å². The van der Waals surface area contributed by atoms with E-state index < -0.39 is 0 Å². The zero-order chi connectivity index (χ0) is 18.8. The van der Waals surface area contributed by atoms with E-state index in [4.69, 9.17) is 4.52 Å². The lowest BCUT2D eigenvalue weighted by atomic mass is 10.1. The molecule has 1 saturated heterocycles. The molecule has 0 aliphatic carbocycles. The quantitative estimate of drug-likeness (QED) is 0.863. The smallest absolute Gasteiger partial charge is 0.257 e. The van der Waals surface area contributed by atoms with Crippen LogP contribution in [0, 0.1) is 20.8 Å². The van der Waals surface area contributed by atoms with Crippen LogP contribution in [0.4, 0.5) is 5.82 Å². The van der Waals surface area contributed by atoms with E-state index in [0.717, 1.165) is 11.4 Å². The van der Waals surface area contributed by atoms with Crippen molar-refractivity contribution in [3.05, 3.63) is 28.8 Å². The molecule has 1 aliphatic heterocycles. The number of rotatable bonds is 4. The molecule has 3 heterocycles. The summed E-state index contributed by atoms with van der Waals surface area (Å²) in [6.45, 7) is 8.26. The van der Waals surface area contributed by atoms with Crippen molar-refractivity contribution >= 4 is 17.6 Å². The number of hydrogen-bond acceptors (Lipinski definition) is 6. The molecule has 0 saturated carbocycles. The Balaban J connectivity index is 1.52. The first-order valence-corrected chi connectivity index (χ1v) is 8.60. The molecule has 1 aliphatic rings. The van der Waals surface area contributed by atoms with Crippen LogP contribution in [0.25, 0.3) is 0 Å². The van der Waals surface area contributed by atoms with Gasteiger partial charge in [0.2, 0.25) is 5.91 Å². The number of carbonyl (C=O) groups excluding carboxylic acids is 2. The fourth-order valence-corrected chi connectivity index (χ4v) is 3.16. The van der Waals surface area contributed by atoms with Crippen molar-refractivity contribution in [2.75, 3.05) is 38.0 Å². The highest BCUT2D eigenvalue weighted by atomic mass is 16.5. The van der Waals surface area contributed by atoms with Crippen molar-refractivity contribution in [2.24, 2.45) is 7.05 Å². The third kappa shape index (κ3) is 3.77. The fourth-order valence-electron chi connectivity index (χ4n) is 3.16. The highest BCUT2D eigenvalue weighted by Gasteiger charge is 2.27. The van der Waals surface area contributed by atoms with E-state index in [1.54, 1.807) is 17.7 Å². The summed E-state index contributed by atoms with van der Waals surface area (Å²) in [6.07, 6.45) is 0. The van der Waals surface area contributed by atoms with Crippen LogP contribution in [0.3, 0.4) is 0 Å². The molecule has 9 heteroatoms. The second-order valence-corrected chi connectivity index (χ2v) is 6.61. The van der Waals surface area contributed by atoms with E-state index in [0.29, 0.717) is 43.3 Å². The molecule has 140 valence electrons. The summed E-state index contributed by atoms with van der Waals surface area (Å²) in [5, 5.41) is 10.8. The first-order chi connectivity index (χ1) is 12.3. The van der Waals surface area contributed by atoms with Gasteiger partial charge in [-0.05, 0) is 20.8 Å². The van der Waals surface area contributed by atoms with E-state index in [2.05, 4.69) is 15.6 Å². The number of anilines is 1. The fraction of sp³-hybridized carbons (Fsp3) is 0.529. The van der Waals surface area contributed by atoms with Gasteiger partial charge in [0.25, 0.3) is 5.91 Å². The second kappa shape index (κ2) is 7.28. The van der Waals surface area contributed by atoms with Gasteiger partial charge in [-0.25, -0.2) is 0 Å². The van der Waals surface area contributed by atoms with Gasteiger partial charge in [0.1, 0.15) is 5.76 Å². The van der Waals surface area contributed by atoms with Crippen molar-refractivity contribution in [1.29, 1.82) is 0 Å². The minimum Gasteiger partial charge on any atom is -0.360 e. The topological polar surface area (TPSA) is 96.5 Å². The molecule has 0 bridgehead atoms. The lowest BCUT2D eigenvalue weighted by molar-refractivity contribution is -0.117. The molecule has 2 amide bonds. The molecule has 0 atom stereocenters. The number of aryl methyl sites for hydroxylation is 3. The van der Waals surface area contributed by atoms with Crippen molar-refractivity contribution < 1.29 is 14.1 Å².